The number of piperidine rings is 1. The largest absolute Gasteiger partial charge is 0.340 e. The van der Waals surface area contributed by atoms with Crippen molar-refractivity contribution in [2.24, 2.45) is 5.41 Å². The lowest BCUT2D eigenvalue weighted by atomic mass is 9.76. The summed E-state index contributed by atoms with van der Waals surface area (Å²) in [6.07, 6.45) is 3.10. The zero-order valence-electron chi connectivity index (χ0n) is 14.8. The van der Waals surface area contributed by atoms with Gasteiger partial charge in [0.1, 0.15) is 0 Å². The first-order chi connectivity index (χ1) is 12.1. The van der Waals surface area contributed by atoms with E-state index in [2.05, 4.69) is 22.1 Å². The minimum Gasteiger partial charge on any atom is -0.340 e. The van der Waals surface area contributed by atoms with Crippen LogP contribution in [0.1, 0.15) is 47.4 Å². The summed E-state index contributed by atoms with van der Waals surface area (Å²) in [6, 6.07) is 9.78. The summed E-state index contributed by atoms with van der Waals surface area (Å²) in [5.41, 5.74) is 1.03. The van der Waals surface area contributed by atoms with Crippen LogP contribution < -0.4 is 0 Å². The Hall–Kier alpha value is -2.21. The van der Waals surface area contributed by atoms with Gasteiger partial charge >= 0.3 is 0 Å². The number of carbonyl (C=O) groups excluding carboxylic acids is 1. The minimum absolute atomic E-state index is 0.146. The monoisotopic (exact) mass is 340 g/mol. The number of hydrogen-bond acceptors (Lipinski definition) is 5. The van der Waals surface area contributed by atoms with Crippen LogP contribution in [0.4, 0.5) is 0 Å². The fraction of sp³-hybridized carbons (Fsp3) is 0.526. The molecule has 0 N–H and O–H groups in total. The molecule has 1 aromatic carbocycles. The Balaban J connectivity index is 1.42. The van der Waals surface area contributed by atoms with Crippen molar-refractivity contribution in [3.8, 4) is 0 Å². The molecule has 3 heterocycles. The molecular weight excluding hydrogens is 316 g/mol. The number of carbonyl (C=O) groups is 1. The van der Waals surface area contributed by atoms with E-state index in [0.29, 0.717) is 5.89 Å². The number of nitrogens with zero attached hydrogens (tertiary/aromatic N) is 4. The van der Waals surface area contributed by atoms with E-state index in [1.165, 1.54) is 0 Å². The standard InChI is InChI=1S/C19H24N4O2/c1-14-20-17(21-25-14)16-12-19(13-22(16)2)8-10-23(11-9-19)18(24)15-6-4-3-5-7-15/h3-7,16H,8-13H2,1-2H3. The molecule has 1 amide bonds. The van der Waals surface area contributed by atoms with Crippen LogP contribution >= 0.6 is 0 Å². The second-order valence-electron chi connectivity index (χ2n) is 7.46. The highest BCUT2D eigenvalue weighted by Gasteiger charge is 2.46. The molecule has 2 saturated heterocycles. The number of aromatic nitrogens is 2. The highest BCUT2D eigenvalue weighted by molar-refractivity contribution is 5.94. The van der Waals surface area contributed by atoms with Gasteiger partial charge in [-0.2, -0.15) is 4.98 Å². The van der Waals surface area contributed by atoms with E-state index in [4.69, 9.17) is 4.52 Å². The molecule has 0 bridgehead atoms. The van der Waals surface area contributed by atoms with Crippen LogP contribution in [0.15, 0.2) is 34.9 Å². The fourth-order valence-electron chi connectivity index (χ4n) is 4.32. The van der Waals surface area contributed by atoms with E-state index in [1.807, 2.05) is 42.2 Å². The van der Waals surface area contributed by atoms with Gasteiger partial charge in [0.2, 0.25) is 5.89 Å². The van der Waals surface area contributed by atoms with Crippen molar-refractivity contribution in [2.45, 2.75) is 32.2 Å². The molecule has 4 rings (SSSR count). The quantitative estimate of drug-likeness (QED) is 0.841. The Morgan fingerprint density at radius 1 is 1.24 bits per heavy atom. The Morgan fingerprint density at radius 3 is 2.60 bits per heavy atom. The first kappa shape index (κ1) is 16.3. The van der Waals surface area contributed by atoms with Crippen molar-refractivity contribution < 1.29 is 9.32 Å². The molecule has 0 radical (unpaired) electrons. The van der Waals surface area contributed by atoms with Gasteiger partial charge in [-0.25, -0.2) is 0 Å². The van der Waals surface area contributed by atoms with Crippen LogP contribution in [0.25, 0.3) is 0 Å². The third-order valence-electron chi connectivity index (χ3n) is 5.72. The van der Waals surface area contributed by atoms with E-state index in [0.717, 1.165) is 50.3 Å². The summed E-state index contributed by atoms with van der Waals surface area (Å²) in [7, 11) is 2.13. The number of benzene rings is 1. The molecule has 1 aromatic heterocycles. The van der Waals surface area contributed by atoms with E-state index in [9.17, 15) is 4.79 Å². The van der Waals surface area contributed by atoms with Gasteiger partial charge in [-0.05, 0) is 43.9 Å². The molecule has 6 heteroatoms. The molecule has 132 valence electrons. The predicted octanol–water partition coefficient (Wildman–Crippen LogP) is 2.68. The highest BCUT2D eigenvalue weighted by atomic mass is 16.5. The van der Waals surface area contributed by atoms with Gasteiger partial charge < -0.3 is 9.42 Å². The molecule has 2 fully saturated rings. The molecule has 1 atom stereocenters. The first-order valence-electron chi connectivity index (χ1n) is 8.91. The number of amides is 1. The Morgan fingerprint density at radius 2 is 1.96 bits per heavy atom. The summed E-state index contributed by atoms with van der Waals surface area (Å²) < 4.78 is 5.16. The lowest BCUT2D eigenvalue weighted by Crippen LogP contribution is -2.44. The van der Waals surface area contributed by atoms with Crippen molar-refractivity contribution in [3.05, 3.63) is 47.6 Å². The number of hydrogen-bond donors (Lipinski definition) is 0. The molecule has 25 heavy (non-hydrogen) atoms. The number of rotatable bonds is 2. The van der Waals surface area contributed by atoms with E-state index < -0.39 is 0 Å². The summed E-state index contributed by atoms with van der Waals surface area (Å²) >= 11 is 0. The zero-order chi connectivity index (χ0) is 17.4. The van der Waals surface area contributed by atoms with Crippen molar-refractivity contribution in [3.63, 3.8) is 0 Å². The van der Waals surface area contributed by atoms with Gasteiger partial charge in [0.25, 0.3) is 5.91 Å². The predicted molar refractivity (Wildman–Crippen MR) is 93.0 cm³/mol. The van der Waals surface area contributed by atoms with Crippen molar-refractivity contribution >= 4 is 5.91 Å². The average molecular weight is 340 g/mol. The normalized spacial score (nSPS) is 23.3. The molecule has 2 aromatic rings. The minimum atomic E-state index is 0.146. The zero-order valence-corrected chi connectivity index (χ0v) is 14.8. The molecule has 6 nitrogen and oxygen atoms in total. The highest BCUT2D eigenvalue weighted by Crippen LogP contribution is 2.47. The molecule has 1 unspecified atom stereocenters. The number of likely N-dealkylation sites (tertiary alicyclic amines) is 2. The lowest BCUT2D eigenvalue weighted by Gasteiger charge is -2.39. The average Bonchev–Trinajstić information content (AvgIpc) is 3.19. The topological polar surface area (TPSA) is 62.5 Å². The lowest BCUT2D eigenvalue weighted by molar-refractivity contribution is 0.0593. The first-order valence-corrected chi connectivity index (χ1v) is 8.91. The van der Waals surface area contributed by atoms with Gasteiger partial charge in [0.15, 0.2) is 5.82 Å². The van der Waals surface area contributed by atoms with Crippen molar-refractivity contribution in [1.82, 2.24) is 19.9 Å². The third kappa shape index (κ3) is 3.06. The second kappa shape index (κ2) is 6.26. The van der Waals surface area contributed by atoms with Crippen molar-refractivity contribution in [2.75, 3.05) is 26.7 Å². The SMILES string of the molecule is Cc1nc(C2CC3(CCN(C(=O)c4ccccc4)CC3)CN2C)no1. The number of aryl methyl sites for hydroxylation is 1. The molecule has 2 aliphatic rings. The van der Waals surface area contributed by atoms with E-state index in [1.54, 1.807) is 0 Å². The molecule has 0 saturated carbocycles. The summed E-state index contributed by atoms with van der Waals surface area (Å²) in [6.45, 7) is 4.49. The van der Waals surface area contributed by atoms with Crippen LogP contribution in [0.2, 0.25) is 0 Å². The van der Waals surface area contributed by atoms with Gasteiger partial charge in [0.05, 0.1) is 6.04 Å². The van der Waals surface area contributed by atoms with Crippen molar-refractivity contribution in [1.29, 1.82) is 0 Å². The maximum atomic E-state index is 12.6. The summed E-state index contributed by atoms with van der Waals surface area (Å²) in [5, 5.41) is 4.12. The Kier molecular flexibility index (Phi) is 4.07. The van der Waals surface area contributed by atoms with E-state index in [-0.39, 0.29) is 17.4 Å². The van der Waals surface area contributed by atoms with Gasteiger partial charge in [-0.1, -0.05) is 23.4 Å². The summed E-state index contributed by atoms with van der Waals surface area (Å²) in [4.78, 5) is 21.4. The molecule has 0 aliphatic carbocycles. The van der Waals surface area contributed by atoms with Gasteiger partial charge in [0, 0.05) is 32.1 Å². The molecule has 2 aliphatic heterocycles. The smallest absolute Gasteiger partial charge is 0.253 e. The van der Waals surface area contributed by atoms with Crippen LogP contribution in [0.5, 0.6) is 0 Å². The Labute approximate surface area is 147 Å². The van der Waals surface area contributed by atoms with Crippen LogP contribution in [-0.4, -0.2) is 52.5 Å². The Bertz CT molecular complexity index is 750. The molecule has 1 spiro atoms. The molecular formula is C19H24N4O2. The second-order valence-corrected chi connectivity index (χ2v) is 7.46. The van der Waals surface area contributed by atoms with Crippen LogP contribution in [-0.2, 0) is 0 Å². The third-order valence-corrected chi connectivity index (χ3v) is 5.72. The summed E-state index contributed by atoms with van der Waals surface area (Å²) in [5.74, 6) is 1.56. The van der Waals surface area contributed by atoms with Crippen LogP contribution in [0, 0.1) is 12.3 Å². The van der Waals surface area contributed by atoms with Gasteiger partial charge in [-0.3, -0.25) is 9.69 Å². The maximum absolute atomic E-state index is 12.6. The van der Waals surface area contributed by atoms with Crippen LogP contribution in [0.3, 0.4) is 0 Å². The maximum Gasteiger partial charge on any atom is 0.253 e. The van der Waals surface area contributed by atoms with E-state index >= 15 is 0 Å². The fourth-order valence-corrected chi connectivity index (χ4v) is 4.32. The van der Waals surface area contributed by atoms with Gasteiger partial charge in [-0.15, -0.1) is 0 Å².